The number of rotatable bonds is 3. The van der Waals surface area contributed by atoms with Crippen LogP contribution in [0, 0.1) is 0 Å². The number of carbonyl (C=O) groups excluding carboxylic acids is 2. The molecule has 0 aliphatic carbocycles. The topological polar surface area (TPSA) is 40.6 Å². The Bertz CT molecular complexity index is 545. The number of carbonyl (C=O) groups is 2. The second kappa shape index (κ2) is 6.37. The number of alkyl halides is 3. The lowest BCUT2D eigenvalue weighted by molar-refractivity contribution is -0.187. The van der Waals surface area contributed by atoms with E-state index >= 15 is 0 Å². The van der Waals surface area contributed by atoms with Crippen molar-refractivity contribution < 1.29 is 22.8 Å². The Morgan fingerprint density at radius 3 is 2.50 bits per heavy atom. The minimum absolute atomic E-state index is 0.0338. The first-order valence-electron chi connectivity index (χ1n) is 6.97. The van der Waals surface area contributed by atoms with E-state index in [1.54, 1.807) is 0 Å². The molecule has 0 saturated carbocycles. The summed E-state index contributed by atoms with van der Waals surface area (Å²) in [4.78, 5) is 25.8. The summed E-state index contributed by atoms with van der Waals surface area (Å²) < 4.78 is 37.7. The maximum Gasteiger partial charge on any atom is 0.471 e. The molecule has 1 fully saturated rings. The van der Waals surface area contributed by atoms with Gasteiger partial charge in [-0.2, -0.15) is 13.2 Å². The highest BCUT2D eigenvalue weighted by Crippen LogP contribution is 2.26. The molecule has 0 spiro atoms. The van der Waals surface area contributed by atoms with Crippen molar-refractivity contribution in [2.24, 2.45) is 0 Å². The van der Waals surface area contributed by atoms with Gasteiger partial charge in [0.2, 0.25) is 5.91 Å². The van der Waals surface area contributed by atoms with Crippen LogP contribution in [0.15, 0.2) is 30.3 Å². The molecular formula is C15H17F3N2O2. The first-order chi connectivity index (χ1) is 10.3. The highest BCUT2D eigenvalue weighted by molar-refractivity contribution is 5.90. The van der Waals surface area contributed by atoms with Gasteiger partial charge in [-0.05, 0) is 18.4 Å². The summed E-state index contributed by atoms with van der Waals surface area (Å²) >= 11 is 0. The van der Waals surface area contributed by atoms with Crippen LogP contribution in [0.1, 0.15) is 18.4 Å². The Balaban J connectivity index is 2.06. The van der Waals surface area contributed by atoms with Gasteiger partial charge in [0.1, 0.15) is 6.04 Å². The van der Waals surface area contributed by atoms with Gasteiger partial charge >= 0.3 is 12.1 Å². The Morgan fingerprint density at radius 1 is 1.27 bits per heavy atom. The van der Waals surface area contributed by atoms with Crippen LogP contribution in [0.3, 0.4) is 0 Å². The minimum Gasteiger partial charge on any atom is -0.340 e. The molecule has 0 aromatic heterocycles. The number of likely N-dealkylation sites (tertiary alicyclic amines) is 1. The fourth-order valence-electron chi connectivity index (χ4n) is 2.62. The average molecular weight is 314 g/mol. The summed E-state index contributed by atoms with van der Waals surface area (Å²) in [7, 11) is 1.53. The Morgan fingerprint density at radius 2 is 1.91 bits per heavy atom. The molecule has 1 unspecified atom stereocenters. The van der Waals surface area contributed by atoms with Gasteiger partial charge in [0.15, 0.2) is 0 Å². The average Bonchev–Trinajstić information content (AvgIpc) is 2.94. The zero-order valence-electron chi connectivity index (χ0n) is 12.1. The molecule has 1 atom stereocenters. The number of likely N-dealkylation sites (N-methyl/N-ethyl adjacent to an activating group) is 1. The maximum absolute atomic E-state index is 12.6. The number of amides is 2. The van der Waals surface area contributed by atoms with E-state index in [-0.39, 0.29) is 13.0 Å². The highest BCUT2D eigenvalue weighted by Gasteiger charge is 2.48. The van der Waals surface area contributed by atoms with E-state index < -0.39 is 24.0 Å². The van der Waals surface area contributed by atoms with Crippen molar-refractivity contribution in [3.05, 3.63) is 35.9 Å². The third-order valence-electron chi connectivity index (χ3n) is 3.68. The van der Waals surface area contributed by atoms with Gasteiger partial charge in [0, 0.05) is 20.1 Å². The van der Waals surface area contributed by atoms with Crippen molar-refractivity contribution in [2.45, 2.75) is 31.6 Å². The zero-order chi connectivity index (χ0) is 16.3. The minimum atomic E-state index is -4.94. The molecule has 0 N–H and O–H groups in total. The van der Waals surface area contributed by atoms with Gasteiger partial charge in [-0.3, -0.25) is 9.59 Å². The molecule has 1 aromatic rings. The molecule has 22 heavy (non-hydrogen) atoms. The highest BCUT2D eigenvalue weighted by atomic mass is 19.4. The summed E-state index contributed by atoms with van der Waals surface area (Å²) in [6, 6.07) is 8.12. The molecule has 1 aliphatic rings. The fraction of sp³-hybridized carbons (Fsp3) is 0.467. The van der Waals surface area contributed by atoms with Crippen LogP contribution in [-0.4, -0.2) is 47.4 Å². The third kappa shape index (κ3) is 3.58. The predicted molar refractivity (Wildman–Crippen MR) is 73.7 cm³/mol. The molecule has 120 valence electrons. The maximum atomic E-state index is 12.6. The lowest BCUT2D eigenvalue weighted by atomic mass is 10.1. The lowest BCUT2D eigenvalue weighted by Crippen LogP contribution is -2.50. The van der Waals surface area contributed by atoms with E-state index in [4.69, 9.17) is 0 Å². The van der Waals surface area contributed by atoms with Crippen LogP contribution < -0.4 is 0 Å². The lowest BCUT2D eigenvalue weighted by Gasteiger charge is -2.28. The van der Waals surface area contributed by atoms with Gasteiger partial charge < -0.3 is 9.80 Å². The van der Waals surface area contributed by atoms with Crippen LogP contribution in [0.4, 0.5) is 13.2 Å². The van der Waals surface area contributed by atoms with Crippen molar-refractivity contribution in [1.82, 2.24) is 9.80 Å². The van der Waals surface area contributed by atoms with Crippen molar-refractivity contribution in [2.75, 3.05) is 13.6 Å². The Labute approximate surface area is 126 Å². The van der Waals surface area contributed by atoms with E-state index in [9.17, 15) is 22.8 Å². The number of hydrogen-bond acceptors (Lipinski definition) is 2. The molecule has 0 bridgehead atoms. The summed E-state index contributed by atoms with van der Waals surface area (Å²) in [5, 5.41) is 0. The predicted octanol–water partition coefficient (Wildman–Crippen LogP) is 2.20. The second-order valence-corrected chi connectivity index (χ2v) is 5.33. The van der Waals surface area contributed by atoms with Crippen LogP contribution in [0.25, 0.3) is 0 Å². The van der Waals surface area contributed by atoms with Gasteiger partial charge in [-0.1, -0.05) is 30.3 Å². The summed E-state index contributed by atoms with van der Waals surface area (Å²) in [5.74, 6) is -2.39. The van der Waals surface area contributed by atoms with Crippen molar-refractivity contribution in [1.29, 1.82) is 0 Å². The number of hydrogen-bond donors (Lipinski definition) is 0. The molecular weight excluding hydrogens is 297 g/mol. The van der Waals surface area contributed by atoms with Crippen molar-refractivity contribution in [3.8, 4) is 0 Å². The largest absolute Gasteiger partial charge is 0.471 e. The molecule has 1 heterocycles. The normalized spacial score (nSPS) is 18.4. The zero-order valence-corrected chi connectivity index (χ0v) is 12.1. The van der Waals surface area contributed by atoms with Gasteiger partial charge in [0.25, 0.3) is 0 Å². The fourth-order valence-corrected chi connectivity index (χ4v) is 2.62. The van der Waals surface area contributed by atoms with E-state index in [0.29, 0.717) is 17.9 Å². The third-order valence-corrected chi connectivity index (χ3v) is 3.68. The molecule has 1 aliphatic heterocycles. The molecule has 1 saturated heterocycles. The van der Waals surface area contributed by atoms with E-state index in [0.717, 1.165) is 5.56 Å². The summed E-state index contributed by atoms with van der Waals surface area (Å²) in [5.41, 5.74) is 0.880. The number of halogens is 3. The van der Waals surface area contributed by atoms with E-state index in [1.807, 2.05) is 30.3 Å². The SMILES string of the molecule is CN(Cc1ccccc1)C(=O)C1CCCN1C(=O)C(F)(F)F. The monoisotopic (exact) mass is 314 g/mol. The molecule has 4 nitrogen and oxygen atoms in total. The van der Waals surface area contributed by atoms with Gasteiger partial charge in [-0.25, -0.2) is 0 Å². The first-order valence-corrected chi connectivity index (χ1v) is 6.97. The van der Waals surface area contributed by atoms with Crippen LogP contribution >= 0.6 is 0 Å². The number of benzene rings is 1. The molecule has 2 rings (SSSR count). The molecule has 1 aromatic carbocycles. The van der Waals surface area contributed by atoms with Crippen LogP contribution in [0.5, 0.6) is 0 Å². The molecule has 7 heteroatoms. The summed E-state index contributed by atoms with van der Waals surface area (Å²) in [6.45, 7) is 0.262. The van der Waals surface area contributed by atoms with Crippen LogP contribution in [-0.2, 0) is 16.1 Å². The van der Waals surface area contributed by atoms with Crippen molar-refractivity contribution in [3.63, 3.8) is 0 Å². The van der Waals surface area contributed by atoms with Crippen molar-refractivity contribution >= 4 is 11.8 Å². The standard InChI is InChI=1S/C15H17F3N2O2/c1-19(10-11-6-3-2-4-7-11)13(21)12-8-5-9-20(12)14(22)15(16,17)18/h2-4,6-7,12H,5,8-10H2,1H3. The van der Waals surface area contributed by atoms with E-state index in [1.165, 1.54) is 11.9 Å². The molecule has 0 radical (unpaired) electrons. The Kier molecular flexibility index (Phi) is 4.73. The van der Waals surface area contributed by atoms with E-state index in [2.05, 4.69) is 0 Å². The molecule has 2 amide bonds. The second-order valence-electron chi connectivity index (χ2n) is 5.33. The van der Waals surface area contributed by atoms with Crippen LogP contribution in [0.2, 0.25) is 0 Å². The first kappa shape index (κ1) is 16.3. The van der Waals surface area contributed by atoms with Gasteiger partial charge in [-0.15, -0.1) is 0 Å². The smallest absolute Gasteiger partial charge is 0.340 e. The number of nitrogens with zero attached hydrogens (tertiary/aromatic N) is 2. The quantitative estimate of drug-likeness (QED) is 0.858. The van der Waals surface area contributed by atoms with Gasteiger partial charge in [0.05, 0.1) is 0 Å². The summed E-state index contributed by atoms with van der Waals surface area (Å²) in [6.07, 6.45) is -4.28. The Hall–Kier alpha value is -2.05.